The predicted molar refractivity (Wildman–Crippen MR) is 85.1 cm³/mol. The van der Waals surface area contributed by atoms with Gasteiger partial charge in [-0.05, 0) is 30.4 Å². The summed E-state index contributed by atoms with van der Waals surface area (Å²) >= 11 is 0. The number of anilines is 1. The molecule has 0 saturated heterocycles. The van der Waals surface area contributed by atoms with Crippen molar-refractivity contribution in [1.82, 2.24) is 9.78 Å². The highest BCUT2D eigenvalue weighted by atomic mass is 16.5. The van der Waals surface area contributed by atoms with E-state index in [1.807, 2.05) is 44.3 Å². The Hall–Kier alpha value is -2.30. The lowest BCUT2D eigenvalue weighted by molar-refractivity contribution is -0.117. The van der Waals surface area contributed by atoms with E-state index in [2.05, 4.69) is 10.4 Å². The van der Waals surface area contributed by atoms with E-state index in [1.165, 1.54) is 0 Å². The van der Waals surface area contributed by atoms with E-state index in [0.717, 1.165) is 35.7 Å². The number of methoxy groups -OCH3 is 1. The van der Waals surface area contributed by atoms with Crippen LogP contribution in [0.1, 0.15) is 30.5 Å². The quantitative estimate of drug-likeness (QED) is 0.923. The molecule has 1 heterocycles. The molecule has 22 heavy (non-hydrogen) atoms. The van der Waals surface area contributed by atoms with Gasteiger partial charge in [0.05, 0.1) is 12.8 Å². The zero-order valence-electron chi connectivity index (χ0n) is 13.2. The van der Waals surface area contributed by atoms with E-state index in [-0.39, 0.29) is 17.7 Å². The summed E-state index contributed by atoms with van der Waals surface area (Å²) in [6.07, 6.45) is 1.72. The van der Waals surface area contributed by atoms with Gasteiger partial charge in [-0.25, -0.2) is 0 Å². The Labute approximate surface area is 130 Å². The third-order valence-electron chi connectivity index (χ3n) is 4.21. The Morgan fingerprint density at radius 1 is 1.45 bits per heavy atom. The molecule has 1 fully saturated rings. The van der Waals surface area contributed by atoms with Crippen molar-refractivity contribution in [2.75, 3.05) is 12.4 Å². The van der Waals surface area contributed by atoms with Gasteiger partial charge in [-0.3, -0.25) is 9.48 Å². The highest BCUT2D eigenvalue weighted by Crippen LogP contribution is 2.50. The highest BCUT2D eigenvalue weighted by molar-refractivity contribution is 5.94. The largest absolute Gasteiger partial charge is 0.496 e. The Balaban J connectivity index is 1.69. The second-order valence-corrected chi connectivity index (χ2v) is 5.68. The van der Waals surface area contributed by atoms with Crippen molar-refractivity contribution in [2.24, 2.45) is 13.0 Å². The molecule has 3 rings (SSSR count). The van der Waals surface area contributed by atoms with E-state index in [0.29, 0.717) is 0 Å². The lowest BCUT2D eigenvalue weighted by Crippen LogP contribution is -2.16. The van der Waals surface area contributed by atoms with Crippen LogP contribution in [0, 0.1) is 5.92 Å². The van der Waals surface area contributed by atoms with Crippen LogP contribution in [0.15, 0.2) is 30.3 Å². The topological polar surface area (TPSA) is 56.1 Å². The number of benzene rings is 1. The molecule has 5 heteroatoms. The average molecular weight is 299 g/mol. The molecule has 1 N–H and O–H groups in total. The molecule has 116 valence electrons. The molecule has 0 radical (unpaired) electrons. The van der Waals surface area contributed by atoms with Crippen molar-refractivity contribution in [3.8, 4) is 5.75 Å². The van der Waals surface area contributed by atoms with Crippen molar-refractivity contribution < 1.29 is 9.53 Å². The third-order valence-corrected chi connectivity index (χ3v) is 4.21. The van der Waals surface area contributed by atoms with E-state index in [1.54, 1.807) is 11.8 Å². The molecule has 0 unspecified atom stereocenters. The lowest BCUT2D eigenvalue weighted by atomic mass is 10.1. The molecule has 5 nitrogen and oxygen atoms in total. The molecule has 2 atom stereocenters. The van der Waals surface area contributed by atoms with Crippen LogP contribution in [0.2, 0.25) is 0 Å². The van der Waals surface area contributed by atoms with Crippen LogP contribution < -0.4 is 10.1 Å². The van der Waals surface area contributed by atoms with Crippen LogP contribution in [-0.4, -0.2) is 22.8 Å². The highest BCUT2D eigenvalue weighted by Gasteiger charge is 2.45. The van der Waals surface area contributed by atoms with Gasteiger partial charge in [0.2, 0.25) is 5.91 Å². The van der Waals surface area contributed by atoms with Crippen molar-refractivity contribution in [3.63, 3.8) is 0 Å². The van der Waals surface area contributed by atoms with E-state index < -0.39 is 0 Å². The molecule has 1 aliphatic rings. The van der Waals surface area contributed by atoms with Crippen LogP contribution in [0.5, 0.6) is 5.75 Å². The fourth-order valence-electron chi connectivity index (χ4n) is 2.84. The van der Waals surface area contributed by atoms with Gasteiger partial charge in [-0.2, -0.15) is 5.10 Å². The standard InChI is InChI=1S/C17H21N3O2/c1-4-11-9-16(20(2)19-11)18-17(21)14-10-13(14)12-7-5-6-8-15(12)22-3/h5-9,13-14H,4,10H2,1-3H3,(H,18,21)/t13-,14+/m0/s1. The Kier molecular flexibility index (Phi) is 3.88. The number of para-hydroxylation sites is 1. The number of nitrogens with zero attached hydrogens (tertiary/aromatic N) is 2. The number of hydrogen-bond donors (Lipinski definition) is 1. The molecule has 0 bridgehead atoms. The van der Waals surface area contributed by atoms with E-state index in [9.17, 15) is 4.79 Å². The minimum atomic E-state index is 0.0104. The van der Waals surface area contributed by atoms with Crippen molar-refractivity contribution in [2.45, 2.75) is 25.7 Å². The number of amides is 1. The van der Waals surface area contributed by atoms with E-state index in [4.69, 9.17) is 4.74 Å². The number of nitrogens with one attached hydrogen (secondary N) is 1. The molecule has 1 aliphatic carbocycles. The van der Waals surface area contributed by atoms with Crippen LogP contribution in [0.4, 0.5) is 5.82 Å². The first kappa shape index (κ1) is 14.6. The van der Waals surface area contributed by atoms with Gasteiger partial charge < -0.3 is 10.1 Å². The van der Waals surface area contributed by atoms with Crippen LogP contribution >= 0.6 is 0 Å². The van der Waals surface area contributed by atoms with Gasteiger partial charge >= 0.3 is 0 Å². The summed E-state index contributed by atoms with van der Waals surface area (Å²) in [6.45, 7) is 2.05. The van der Waals surface area contributed by atoms with Crippen LogP contribution in [0.3, 0.4) is 0 Å². The van der Waals surface area contributed by atoms with Gasteiger partial charge in [0.25, 0.3) is 0 Å². The number of aryl methyl sites for hydroxylation is 2. The van der Waals surface area contributed by atoms with Gasteiger partial charge in [0, 0.05) is 19.0 Å². The summed E-state index contributed by atoms with van der Waals surface area (Å²) in [5.41, 5.74) is 2.10. The maximum atomic E-state index is 12.4. The summed E-state index contributed by atoms with van der Waals surface area (Å²) in [7, 11) is 3.51. The second-order valence-electron chi connectivity index (χ2n) is 5.68. The Bertz CT molecular complexity index is 693. The minimum Gasteiger partial charge on any atom is -0.496 e. The number of rotatable bonds is 5. The van der Waals surface area contributed by atoms with Gasteiger partial charge in [0.15, 0.2) is 0 Å². The zero-order valence-corrected chi connectivity index (χ0v) is 13.2. The molecule has 0 aliphatic heterocycles. The van der Waals surface area contributed by atoms with Crippen LogP contribution in [-0.2, 0) is 18.3 Å². The predicted octanol–water partition coefficient (Wildman–Crippen LogP) is 2.73. The SMILES string of the molecule is CCc1cc(NC(=O)[C@@H]2C[C@H]2c2ccccc2OC)n(C)n1. The lowest BCUT2D eigenvalue weighted by Gasteiger charge is -2.08. The maximum Gasteiger partial charge on any atom is 0.229 e. The molecule has 1 aromatic carbocycles. The minimum absolute atomic E-state index is 0.0104. The number of carbonyl (C=O) groups is 1. The van der Waals surface area contributed by atoms with Gasteiger partial charge in [-0.15, -0.1) is 0 Å². The summed E-state index contributed by atoms with van der Waals surface area (Å²) in [5, 5.41) is 7.33. The zero-order chi connectivity index (χ0) is 15.7. The number of hydrogen-bond acceptors (Lipinski definition) is 3. The summed E-state index contributed by atoms with van der Waals surface area (Å²) in [6, 6.07) is 9.84. The fraction of sp³-hybridized carbons (Fsp3) is 0.412. The number of aromatic nitrogens is 2. The molecule has 2 aromatic rings. The maximum absolute atomic E-state index is 12.4. The number of carbonyl (C=O) groups excluding carboxylic acids is 1. The molecule has 1 aromatic heterocycles. The van der Waals surface area contributed by atoms with Crippen molar-refractivity contribution >= 4 is 11.7 Å². The van der Waals surface area contributed by atoms with Crippen molar-refractivity contribution in [1.29, 1.82) is 0 Å². The Morgan fingerprint density at radius 2 is 2.23 bits per heavy atom. The van der Waals surface area contributed by atoms with Crippen LogP contribution in [0.25, 0.3) is 0 Å². The number of ether oxygens (including phenoxy) is 1. The first-order valence-electron chi connectivity index (χ1n) is 7.60. The van der Waals surface area contributed by atoms with E-state index >= 15 is 0 Å². The summed E-state index contributed by atoms with van der Waals surface area (Å²) < 4.78 is 7.10. The normalized spacial score (nSPS) is 19.8. The molecular formula is C17H21N3O2. The second kappa shape index (κ2) is 5.83. The molecule has 0 spiro atoms. The monoisotopic (exact) mass is 299 g/mol. The first-order valence-corrected chi connectivity index (χ1v) is 7.60. The summed E-state index contributed by atoms with van der Waals surface area (Å²) in [5.74, 6) is 1.93. The Morgan fingerprint density at radius 3 is 2.91 bits per heavy atom. The smallest absolute Gasteiger partial charge is 0.229 e. The fourth-order valence-corrected chi connectivity index (χ4v) is 2.84. The third kappa shape index (κ3) is 2.71. The average Bonchev–Trinajstić information content (AvgIpc) is 3.26. The first-order chi connectivity index (χ1) is 10.6. The molecular weight excluding hydrogens is 278 g/mol. The summed E-state index contributed by atoms with van der Waals surface area (Å²) in [4.78, 5) is 12.4. The van der Waals surface area contributed by atoms with Gasteiger partial charge in [0.1, 0.15) is 11.6 Å². The van der Waals surface area contributed by atoms with Crippen molar-refractivity contribution in [3.05, 3.63) is 41.6 Å². The molecule has 1 saturated carbocycles. The van der Waals surface area contributed by atoms with Gasteiger partial charge in [-0.1, -0.05) is 25.1 Å². The molecule has 1 amide bonds.